The average molecular weight is 174 g/mol. The highest BCUT2D eigenvalue weighted by Crippen LogP contribution is 2.05. The number of ether oxygens (including phenoxy) is 2. The first-order valence-corrected chi connectivity index (χ1v) is 3.82. The Balaban J connectivity index is 3.85. The third-order valence-corrected chi connectivity index (χ3v) is 1.20. The van der Waals surface area contributed by atoms with E-state index in [1.807, 2.05) is 13.8 Å². The molecule has 0 aromatic rings. The lowest BCUT2D eigenvalue weighted by atomic mass is 10.4. The summed E-state index contributed by atoms with van der Waals surface area (Å²) in [5.41, 5.74) is 0. The largest absolute Gasteiger partial charge is 0.475 e. The zero-order chi connectivity index (χ0) is 9.56. The maximum Gasteiger partial charge on any atom is 0.370 e. The van der Waals surface area contributed by atoms with E-state index in [1.165, 1.54) is 0 Å². The molecule has 0 saturated carbocycles. The van der Waals surface area contributed by atoms with Crippen LogP contribution >= 0.6 is 0 Å². The molecule has 1 unspecified atom stereocenters. The van der Waals surface area contributed by atoms with Gasteiger partial charge >= 0.3 is 5.97 Å². The van der Waals surface area contributed by atoms with Crippen LogP contribution in [-0.4, -0.2) is 24.0 Å². The summed E-state index contributed by atoms with van der Waals surface area (Å²) in [5.74, 6) is -1.44. The van der Waals surface area contributed by atoms with E-state index in [4.69, 9.17) is 14.6 Å². The maximum atomic E-state index is 10.3. The molecule has 0 aliphatic carbocycles. The SMILES string of the molecule is C=C(OC(CC)OCC)C(=O)O. The van der Waals surface area contributed by atoms with Crippen molar-refractivity contribution in [2.45, 2.75) is 26.6 Å². The summed E-state index contributed by atoms with van der Waals surface area (Å²) in [6.45, 7) is 7.37. The van der Waals surface area contributed by atoms with Gasteiger partial charge in [-0.05, 0) is 13.5 Å². The lowest BCUT2D eigenvalue weighted by molar-refractivity contribution is -0.150. The fraction of sp³-hybridized carbons (Fsp3) is 0.625. The second-order valence-corrected chi connectivity index (χ2v) is 2.14. The third-order valence-electron chi connectivity index (χ3n) is 1.20. The van der Waals surface area contributed by atoms with Gasteiger partial charge in [-0.25, -0.2) is 4.79 Å². The molecule has 0 aromatic heterocycles. The van der Waals surface area contributed by atoms with Gasteiger partial charge in [0.25, 0.3) is 0 Å². The molecule has 0 radical (unpaired) electrons. The monoisotopic (exact) mass is 174 g/mol. The van der Waals surface area contributed by atoms with Crippen LogP contribution in [0.2, 0.25) is 0 Å². The van der Waals surface area contributed by atoms with Crippen LogP contribution in [0.25, 0.3) is 0 Å². The second kappa shape index (κ2) is 5.60. The van der Waals surface area contributed by atoms with E-state index >= 15 is 0 Å². The summed E-state index contributed by atoms with van der Waals surface area (Å²) in [6, 6.07) is 0. The molecule has 0 amide bonds. The fourth-order valence-corrected chi connectivity index (χ4v) is 0.630. The van der Waals surface area contributed by atoms with Crippen molar-refractivity contribution in [2.24, 2.45) is 0 Å². The molecule has 12 heavy (non-hydrogen) atoms. The quantitative estimate of drug-likeness (QED) is 0.375. The molecular formula is C8H14O4. The first-order chi connectivity index (χ1) is 5.61. The molecule has 4 nitrogen and oxygen atoms in total. The van der Waals surface area contributed by atoms with Crippen molar-refractivity contribution in [1.82, 2.24) is 0 Å². The summed E-state index contributed by atoms with van der Waals surface area (Å²) in [4.78, 5) is 10.3. The van der Waals surface area contributed by atoms with E-state index in [-0.39, 0.29) is 5.76 Å². The van der Waals surface area contributed by atoms with Crippen molar-refractivity contribution in [3.8, 4) is 0 Å². The zero-order valence-corrected chi connectivity index (χ0v) is 7.37. The molecule has 0 fully saturated rings. The highest BCUT2D eigenvalue weighted by atomic mass is 16.7. The minimum Gasteiger partial charge on any atom is -0.475 e. The van der Waals surface area contributed by atoms with Gasteiger partial charge in [-0.2, -0.15) is 0 Å². The number of hydrogen-bond acceptors (Lipinski definition) is 3. The van der Waals surface area contributed by atoms with Crippen LogP contribution in [0.1, 0.15) is 20.3 Å². The number of rotatable bonds is 6. The van der Waals surface area contributed by atoms with Gasteiger partial charge in [0.15, 0.2) is 12.0 Å². The smallest absolute Gasteiger partial charge is 0.370 e. The molecule has 70 valence electrons. The molecule has 0 spiro atoms. The standard InChI is InChI=1S/C8H14O4/c1-4-7(11-5-2)12-6(3)8(9)10/h7H,3-5H2,1-2H3,(H,9,10). The predicted molar refractivity (Wildman–Crippen MR) is 43.6 cm³/mol. The molecule has 1 atom stereocenters. The molecule has 0 heterocycles. The van der Waals surface area contributed by atoms with Crippen LogP contribution in [-0.2, 0) is 14.3 Å². The van der Waals surface area contributed by atoms with E-state index in [9.17, 15) is 4.79 Å². The third kappa shape index (κ3) is 3.98. The Morgan fingerprint density at radius 1 is 1.58 bits per heavy atom. The second-order valence-electron chi connectivity index (χ2n) is 2.14. The van der Waals surface area contributed by atoms with Crippen molar-refractivity contribution in [2.75, 3.05) is 6.61 Å². The van der Waals surface area contributed by atoms with E-state index in [2.05, 4.69) is 6.58 Å². The van der Waals surface area contributed by atoms with E-state index in [0.29, 0.717) is 13.0 Å². The molecule has 4 heteroatoms. The Labute approximate surface area is 71.8 Å². The van der Waals surface area contributed by atoms with E-state index in [1.54, 1.807) is 0 Å². The zero-order valence-electron chi connectivity index (χ0n) is 7.37. The van der Waals surface area contributed by atoms with Crippen molar-refractivity contribution >= 4 is 5.97 Å². The van der Waals surface area contributed by atoms with Gasteiger partial charge in [-0.1, -0.05) is 6.92 Å². The van der Waals surface area contributed by atoms with Crippen LogP contribution < -0.4 is 0 Å². The lowest BCUT2D eigenvalue weighted by Crippen LogP contribution is -2.18. The fourth-order valence-electron chi connectivity index (χ4n) is 0.630. The summed E-state index contributed by atoms with van der Waals surface area (Å²) >= 11 is 0. The van der Waals surface area contributed by atoms with Crippen LogP contribution in [0.15, 0.2) is 12.3 Å². The van der Waals surface area contributed by atoms with Gasteiger partial charge in [0.2, 0.25) is 0 Å². The molecule has 0 rings (SSSR count). The Bertz CT molecular complexity index is 164. The molecule has 0 bridgehead atoms. The van der Waals surface area contributed by atoms with Gasteiger partial charge < -0.3 is 14.6 Å². The topological polar surface area (TPSA) is 55.8 Å². The predicted octanol–water partition coefficient (Wildman–Crippen LogP) is 1.37. The number of carboxylic acids is 1. The minimum absolute atomic E-state index is 0.282. The van der Waals surface area contributed by atoms with Gasteiger partial charge in [0.05, 0.1) is 0 Å². The number of aliphatic carboxylic acids is 1. The molecule has 0 aliphatic rings. The lowest BCUT2D eigenvalue weighted by Gasteiger charge is -2.16. The van der Waals surface area contributed by atoms with E-state index in [0.717, 1.165) is 0 Å². The minimum atomic E-state index is -1.16. The Hall–Kier alpha value is -1.03. The van der Waals surface area contributed by atoms with E-state index < -0.39 is 12.3 Å². The number of hydrogen-bond donors (Lipinski definition) is 1. The molecular weight excluding hydrogens is 160 g/mol. The van der Waals surface area contributed by atoms with Gasteiger partial charge in [0, 0.05) is 13.0 Å². The van der Waals surface area contributed by atoms with Gasteiger partial charge in [0.1, 0.15) is 0 Å². The summed E-state index contributed by atoms with van der Waals surface area (Å²) in [5, 5.41) is 8.41. The number of carboxylic acid groups (broad SMARTS) is 1. The summed E-state index contributed by atoms with van der Waals surface area (Å²) in [7, 11) is 0. The van der Waals surface area contributed by atoms with Crippen molar-refractivity contribution in [3.05, 3.63) is 12.3 Å². The first-order valence-electron chi connectivity index (χ1n) is 3.82. The average Bonchev–Trinajstić information content (AvgIpc) is 2.03. The molecule has 0 saturated heterocycles. The Kier molecular flexibility index (Phi) is 5.12. The number of carbonyl (C=O) groups is 1. The Morgan fingerprint density at radius 3 is 2.50 bits per heavy atom. The van der Waals surface area contributed by atoms with Crippen LogP contribution in [0.3, 0.4) is 0 Å². The van der Waals surface area contributed by atoms with Gasteiger partial charge in [-0.3, -0.25) is 0 Å². The van der Waals surface area contributed by atoms with Crippen LogP contribution in [0.4, 0.5) is 0 Å². The van der Waals surface area contributed by atoms with Crippen molar-refractivity contribution in [3.63, 3.8) is 0 Å². The van der Waals surface area contributed by atoms with Crippen LogP contribution in [0.5, 0.6) is 0 Å². The first kappa shape index (κ1) is 11.0. The highest BCUT2D eigenvalue weighted by molar-refractivity contribution is 5.83. The highest BCUT2D eigenvalue weighted by Gasteiger charge is 2.12. The van der Waals surface area contributed by atoms with Crippen molar-refractivity contribution < 1.29 is 19.4 Å². The summed E-state index contributed by atoms with van der Waals surface area (Å²) in [6.07, 6.45) is 0.0961. The summed E-state index contributed by atoms with van der Waals surface area (Å²) < 4.78 is 9.95. The Morgan fingerprint density at radius 2 is 2.17 bits per heavy atom. The molecule has 1 N–H and O–H groups in total. The molecule has 0 aromatic carbocycles. The van der Waals surface area contributed by atoms with Crippen molar-refractivity contribution in [1.29, 1.82) is 0 Å². The van der Waals surface area contributed by atoms with Crippen LogP contribution in [0, 0.1) is 0 Å². The maximum absolute atomic E-state index is 10.3. The molecule has 0 aliphatic heterocycles. The van der Waals surface area contributed by atoms with Gasteiger partial charge in [-0.15, -0.1) is 0 Å². The normalized spacial score (nSPS) is 12.2.